The van der Waals surface area contributed by atoms with E-state index in [-0.39, 0.29) is 6.04 Å². The van der Waals surface area contributed by atoms with E-state index >= 15 is 0 Å². The van der Waals surface area contributed by atoms with Gasteiger partial charge in [-0.3, -0.25) is 0 Å². The Morgan fingerprint density at radius 3 is 2.82 bits per heavy atom. The molecular weight excluding hydrogens is 214 g/mol. The van der Waals surface area contributed by atoms with E-state index in [1.807, 2.05) is 38.2 Å². The predicted octanol–water partition coefficient (Wildman–Crippen LogP) is 2.64. The molecule has 2 aromatic rings. The van der Waals surface area contributed by atoms with Gasteiger partial charge in [0.2, 0.25) is 0 Å². The number of hydrogen-bond donors (Lipinski definition) is 2. The molecule has 0 saturated heterocycles. The molecule has 2 N–H and O–H groups in total. The number of hydrogen-bond acceptors (Lipinski definition) is 3. The van der Waals surface area contributed by atoms with Gasteiger partial charge in [0.25, 0.3) is 0 Å². The van der Waals surface area contributed by atoms with E-state index in [1.165, 1.54) is 0 Å². The normalized spacial score (nSPS) is 16.9. The van der Waals surface area contributed by atoms with Crippen molar-refractivity contribution >= 4 is 11.0 Å². The molecule has 0 aliphatic rings. The van der Waals surface area contributed by atoms with Crippen LogP contribution in [0.5, 0.6) is 0 Å². The number of fused-ring (bicyclic) bond motifs is 1. The summed E-state index contributed by atoms with van der Waals surface area (Å²) < 4.78 is 5.37. The standard InChI is InChI=1S/C14H19NO2/c1-4-13(15-3)14(2,16)11-6-5-10-7-8-17-12(10)9-11/h5-9,13,15-16H,4H2,1-3H3. The summed E-state index contributed by atoms with van der Waals surface area (Å²) in [5.74, 6) is 0. The van der Waals surface area contributed by atoms with Crippen molar-refractivity contribution in [1.29, 1.82) is 0 Å². The van der Waals surface area contributed by atoms with Gasteiger partial charge >= 0.3 is 0 Å². The molecule has 0 aliphatic heterocycles. The van der Waals surface area contributed by atoms with Crippen LogP contribution in [0.15, 0.2) is 34.9 Å². The topological polar surface area (TPSA) is 45.4 Å². The van der Waals surface area contributed by atoms with Crippen LogP contribution in [0.1, 0.15) is 25.8 Å². The zero-order chi connectivity index (χ0) is 12.5. The Labute approximate surface area is 101 Å². The summed E-state index contributed by atoms with van der Waals surface area (Å²) >= 11 is 0. The maximum absolute atomic E-state index is 10.6. The zero-order valence-electron chi connectivity index (χ0n) is 10.5. The summed E-state index contributed by atoms with van der Waals surface area (Å²) in [7, 11) is 1.87. The molecule has 0 fully saturated rings. The highest BCUT2D eigenvalue weighted by atomic mass is 16.3. The molecule has 3 nitrogen and oxygen atoms in total. The molecule has 3 heteroatoms. The fourth-order valence-corrected chi connectivity index (χ4v) is 2.35. The maximum atomic E-state index is 10.6. The first kappa shape index (κ1) is 12.1. The lowest BCUT2D eigenvalue weighted by Crippen LogP contribution is -2.44. The molecular formula is C14H19NO2. The van der Waals surface area contributed by atoms with Crippen molar-refractivity contribution in [2.75, 3.05) is 7.05 Å². The van der Waals surface area contributed by atoms with Crippen LogP contribution in [0.2, 0.25) is 0 Å². The Bertz CT molecular complexity index is 498. The number of benzene rings is 1. The van der Waals surface area contributed by atoms with Crippen LogP contribution >= 0.6 is 0 Å². The van der Waals surface area contributed by atoms with Gasteiger partial charge in [0.15, 0.2) is 0 Å². The van der Waals surface area contributed by atoms with E-state index in [1.54, 1.807) is 6.26 Å². The summed E-state index contributed by atoms with van der Waals surface area (Å²) in [6.07, 6.45) is 2.53. The molecule has 17 heavy (non-hydrogen) atoms. The third-order valence-corrected chi connectivity index (χ3v) is 3.48. The highest BCUT2D eigenvalue weighted by Crippen LogP contribution is 2.29. The molecule has 0 spiro atoms. The Morgan fingerprint density at radius 1 is 1.41 bits per heavy atom. The monoisotopic (exact) mass is 233 g/mol. The van der Waals surface area contributed by atoms with Gasteiger partial charge in [-0.25, -0.2) is 0 Å². The van der Waals surface area contributed by atoms with E-state index in [2.05, 4.69) is 12.2 Å². The average Bonchev–Trinajstić information content (AvgIpc) is 2.77. The van der Waals surface area contributed by atoms with Crippen molar-refractivity contribution in [2.24, 2.45) is 0 Å². The second-order valence-electron chi connectivity index (χ2n) is 4.57. The Kier molecular flexibility index (Phi) is 3.22. The molecule has 0 radical (unpaired) electrons. The lowest BCUT2D eigenvalue weighted by molar-refractivity contribution is 0.0164. The highest BCUT2D eigenvalue weighted by Gasteiger charge is 2.31. The van der Waals surface area contributed by atoms with Crippen LogP contribution in [-0.4, -0.2) is 18.2 Å². The van der Waals surface area contributed by atoms with Crippen molar-refractivity contribution in [3.8, 4) is 0 Å². The second kappa shape index (κ2) is 4.51. The molecule has 92 valence electrons. The fraction of sp³-hybridized carbons (Fsp3) is 0.429. The Hall–Kier alpha value is -1.32. The lowest BCUT2D eigenvalue weighted by Gasteiger charge is -2.32. The van der Waals surface area contributed by atoms with Gasteiger partial charge in [-0.15, -0.1) is 0 Å². The van der Waals surface area contributed by atoms with Crippen LogP contribution in [0.4, 0.5) is 0 Å². The Morgan fingerprint density at radius 2 is 2.18 bits per heavy atom. The molecule has 2 unspecified atom stereocenters. The van der Waals surface area contributed by atoms with Crippen LogP contribution < -0.4 is 5.32 Å². The molecule has 2 rings (SSSR count). The van der Waals surface area contributed by atoms with E-state index in [0.29, 0.717) is 0 Å². The van der Waals surface area contributed by atoms with Crippen molar-refractivity contribution in [3.63, 3.8) is 0 Å². The van der Waals surface area contributed by atoms with Gasteiger partial charge in [0.1, 0.15) is 11.2 Å². The summed E-state index contributed by atoms with van der Waals surface area (Å²) in [6, 6.07) is 7.79. The summed E-state index contributed by atoms with van der Waals surface area (Å²) in [4.78, 5) is 0. The molecule has 0 amide bonds. The minimum Gasteiger partial charge on any atom is -0.464 e. The largest absolute Gasteiger partial charge is 0.464 e. The third-order valence-electron chi connectivity index (χ3n) is 3.48. The summed E-state index contributed by atoms with van der Waals surface area (Å²) in [5, 5.41) is 14.8. The minimum atomic E-state index is -0.898. The molecule has 0 aliphatic carbocycles. The first-order valence-corrected chi connectivity index (χ1v) is 5.97. The molecule has 0 saturated carbocycles. The van der Waals surface area contributed by atoms with Gasteiger partial charge in [0.05, 0.1) is 6.26 Å². The van der Waals surface area contributed by atoms with E-state index < -0.39 is 5.60 Å². The molecule has 1 heterocycles. The number of furan rings is 1. The Balaban J connectivity index is 2.43. The van der Waals surface area contributed by atoms with Crippen LogP contribution in [-0.2, 0) is 5.60 Å². The number of likely N-dealkylation sites (N-methyl/N-ethyl adjacent to an activating group) is 1. The summed E-state index contributed by atoms with van der Waals surface area (Å²) in [6.45, 7) is 3.89. The van der Waals surface area contributed by atoms with Crippen LogP contribution in [0.25, 0.3) is 11.0 Å². The van der Waals surface area contributed by atoms with Gasteiger partial charge < -0.3 is 14.8 Å². The first-order chi connectivity index (χ1) is 8.09. The maximum Gasteiger partial charge on any atom is 0.134 e. The average molecular weight is 233 g/mol. The number of rotatable bonds is 4. The molecule has 1 aromatic carbocycles. The smallest absolute Gasteiger partial charge is 0.134 e. The van der Waals surface area contributed by atoms with E-state index in [4.69, 9.17) is 4.42 Å². The van der Waals surface area contributed by atoms with Gasteiger partial charge in [-0.05, 0) is 38.1 Å². The van der Waals surface area contributed by atoms with Crippen molar-refractivity contribution < 1.29 is 9.52 Å². The molecule has 1 aromatic heterocycles. The van der Waals surface area contributed by atoms with Crippen molar-refractivity contribution in [2.45, 2.75) is 31.9 Å². The summed E-state index contributed by atoms with van der Waals surface area (Å²) in [5.41, 5.74) is 0.791. The van der Waals surface area contributed by atoms with Crippen LogP contribution in [0, 0.1) is 0 Å². The predicted molar refractivity (Wildman–Crippen MR) is 68.9 cm³/mol. The fourth-order valence-electron chi connectivity index (χ4n) is 2.35. The molecule has 2 atom stereocenters. The highest BCUT2D eigenvalue weighted by molar-refractivity contribution is 5.77. The van der Waals surface area contributed by atoms with Gasteiger partial charge in [0, 0.05) is 11.4 Å². The second-order valence-corrected chi connectivity index (χ2v) is 4.57. The lowest BCUT2D eigenvalue weighted by atomic mass is 9.86. The SMILES string of the molecule is CCC(NC)C(C)(O)c1ccc2ccoc2c1. The number of aliphatic hydroxyl groups is 1. The zero-order valence-corrected chi connectivity index (χ0v) is 10.5. The van der Waals surface area contributed by atoms with Crippen molar-refractivity contribution in [1.82, 2.24) is 5.32 Å². The van der Waals surface area contributed by atoms with Gasteiger partial charge in [-0.1, -0.05) is 19.1 Å². The van der Waals surface area contributed by atoms with E-state index in [0.717, 1.165) is 23.0 Å². The van der Waals surface area contributed by atoms with Gasteiger partial charge in [-0.2, -0.15) is 0 Å². The number of nitrogens with one attached hydrogen (secondary N) is 1. The minimum absolute atomic E-state index is 0.0231. The van der Waals surface area contributed by atoms with E-state index in [9.17, 15) is 5.11 Å². The van der Waals surface area contributed by atoms with Crippen LogP contribution in [0.3, 0.4) is 0 Å². The third kappa shape index (κ3) is 2.08. The molecule has 0 bridgehead atoms. The quantitative estimate of drug-likeness (QED) is 0.853. The van der Waals surface area contributed by atoms with Crippen molar-refractivity contribution in [3.05, 3.63) is 36.1 Å². The first-order valence-electron chi connectivity index (χ1n) is 5.97.